The van der Waals surface area contributed by atoms with Crippen LogP contribution in [0.3, 0.4) is 0 Å². The Morgan fingerprint density at radius 2 is 1.90 bits per heavy atom. The molecule has 1 amide bonds. The number of carbonyl (C=O) groups excluding carboxylic acids is 1. The zero-order valence-corrected chi connectivity index (χ0v) is 12.5. The molecule has 1 aromatic heterocycles. The molecule has 106 valence electrons. The summed E-state index contributed by atoms with van der Waals surface area (Å²) in [5.41, 5.74) is 0.373. The van der Waals surface area contributed by atoms with E-state index in [1.807, 2.05) is 0 Å². The second kappa shape index (κ2) is 5.70. The quantitative estimate of drug-likeness (QED) is 0.931. The van der Waals surface area contributed by atoms with E-state index in [-0.39, 0.29) is 10.8 Å². The van der Waals surface area contributed by atoms with Crippen LogP contribution in [0.1, 0.15) is 10.4 Å². The molecule has 2 aromatic rings. The van der Waals surface area contributed by atoms with Crippen LogP contribution in [0.5, 0.6) is 0 Å². The molecule has 1 heterocycles. The fourth-order valence-corrected chi connectivity index (χ4v) is 2.87. The predicted octanol–water partition coefficient (Wildman–Crippen LogP) is 1.65. The molecule has 1 N–H and O–H groups in total. The van der Waals surface area contributed by atoms with Gasteiger partial charge in [0.25, 0.3) is 5.91 Å². The lowest BCUT2D eigenvalue weighted by Crippen LogP contribution is -2.22. The monoisotopic (exact) mass is 311 g/mol. The van der Waals surface area contributed by atoms with E-state index < -0.39 is 10.0 Å². The van der Waals surface area contributed by atoms with Crippen molar-refractivity contribution in [1.29, 1.82) is 0 Å². The fraction of sp³-hybridized carbons (Fsp3) is 0.167. The number of rotatable bonds is 4. The maximum absolute atomic E-state index is 11.9. The number of aromatic nitrogens is 1. The second-order valence-electron chi connectivity index (χ2n) is 4.10. The van der Waals surface area contributed by atoms with Crippen LogP contribution < -0.4 is 5.32 Å². The highest BCUT2D eigenvalue weighted by Gasteiger charge is 2.17. The van der Waals surface area contributed by atoms with Crippen molar-refractivity contribution in [2.45, 2.75) is 4.90 Å². The molecule has 0 fully saturated rings. The van der Waals surface area contributed by atoms with Gasteiger partial charge in [-0.25, -0.2) is 17.7 Å². The predicted molar refractivity (Wildman–Crippen MR) is 77.4 cm³/mol. The summed E-state index contributed by atoms with van der Waals surface area (Å²) in [5.74, 6) is -0.325. The van der Waals surface area contributed by atoms with Crippen LogP contribution in [0.15, 0.2) is 40.7 Å². The van der Waals surface area contributed by atoms with Crippen LogP contribution in [0, 0.1) is 0 Å². The number of amides is 1. The largest absolute Gasteiger partial charge is 0.298 e. The van der Waals surface area contributed by atoms with Crippen LogP contribution in [-0.2, 0) is 10.0 Å². The van der Waals surface area contributed by atoms with Crippen LogP contribution in [0.4, 0.5) is 5.13 Å². The van der Waals surface area contributed by atoms with Crippen LogP contribution in [0.25, 0.3) is 0 Å². The lowest BCUT2D eigenvalue weighted by Gasteiger charge is -2.11. The summed E-state index contributed by atoms with van der Waals surface area (Å²) in [6.07, 6.45) is 1.59. The topological polar surface area (TPSA) is 79.4 Å². The van der Waals surface area contributed by atoms with Crippen molar-refractivity contribution >= 4 is 32.4 Å². The maximum atomic E-state index is 11.9. The van der Waals surface area contributed by atoms with Crippen molar-refractivity contribution < 1.29 is 13.2 Å². The minimum absolute atomic E-state index is 0.147. The number of hydrogen-bond donors (Lipinski definition) is 1. The van der Waals surface area contributed by atoms with Gasteiger partial charge in [0.1, 0.15) is 0 Å². The molecule has 0 radical (unpaired) electrons. The third-order valence-electron chi connectivity index (χ3n) is 2.55. The lowest BCUT2D eigenvalue weighted by atomic mass is 10.2. The Balaban J connectivity index is 2.18. The Morgan fingerprint density at radius 1 is 1.25 bits per heavy atom. The Kier molecular flexibility index (Phi) is 4.17. The molecule has 0 saturated heterocycles. The molecule has 8 heteroatoms. The summed E-state index contributed by atoms with van der Waals surface area (Å²) in [7, 11) is -0.564. The summed E-state index contributed by atoms with van der Waals surface area (Å²) >= 11 is 1.31. The number of nitrogens with zero attached hydrogens (tertiary/aromatic N) is 2. The van der Waals surface area contributed by atoms with Gasteiger partial charge in [-0.2, -0.15) is 0 Å². The average molecular weight is 311 g/mol. The molecular formula is C12H13N3O3S2. The highest BCUT2D eigenvalue weighted by Crippen LogP contribution is 2.16. The van der Waals surface area contributed by atoms with Crippen LogP contribution in [0.2, 0.25) is 0 Å². The SMILES string of the molecule is CN(C)S(=O)(=O)c1ccc(C(=O)Nc2nccs2)cc1. The molecule has 0 aliphatic rings. The maximum Gasteiger partial charge on any atom is 0.257 e. The van der Waals surface area contributed by atoms with Crippen molar-refractivity contribution in [3.8, 4) is 0 Å². The zero-order valence-electron chi connectivity index (χ0n) is 10.9. The van der Waals surface area contributed by atoms with Gasteiger partial charge >= 0.3 is 0 Å². The normalized spacial score (nSPS) is 11.6. The van der Waals surface area contributed by atoms with E-state index in [1.54, 1.807) is 11.6 Å². The van der Waals surface area contributed by atoms with Gasteiger partial charge in [-0.05, 0) is 24.3 Å². The van der Waals surface area contributed by atoms with Gasteiger partial charge < -0.3 is 0 Å². The number of hydrogen-bond acceptors (Lipinski definition) is 5. The number of thiazole rings is 1. The summed E-state index contributed by atoms with van der Waals surface area (Å²) in [6.45, 7) is 0. The van der Waals surface area contributed by atoms with Gasteiger partial charge in [-0.3, -0.25) is 10.1 Å². The minimum Gasteiger partial charge on any atom is -0.298 e. The summed E-state index contributed by atoms with van der Waals surface area (Å²) in [6, 6.07) is 5.76. The van der Waals surface area contributed by atoms with Crippen molar-refractivity contribution in [3.63, 3.8) is 0 Å². The van der Waals surface area contributed by atoms with Crippen LogP contribution >= 0.6 is 11.3 Å². The Hall–Kier alpha value is -1.77. The van der Waals surface area contributed by atoms with Crippen LogP contribution in [-0.4, -0.2) is 37.7 Å². The van der Waals surface area contributed by atoms with Crippen molar-refractivity contribution in [1.82, 2.24) is 9.29 Å². The van der Waals surface area contributed by atoms with Gasteiger partial charge in [-0.1, -0.05) is 0 Å². The summed E-state index contributed by atoms with van der Waals surface area (Å²) in [5, 5.41) is 4.88. The Bertz CT molecular complexity index is 692. The summed E-state index contributed by atoms with van der Waals surface area (Å²) in [4.78, 5) is 16.0. The number of anilines is 1. The first-order valence-corrected chi connectivity index (χ1v) is 7.96. The molecule has 0 aliphatic heterocycles. The first-order chi connectivity index (χ1) is 9.41. The first kappa shape index (κ1) is 14.6. The standard InChI is InChI=1S/C12H13N3O3S2/c1-15(2)20(17,18)10-5-3-9(4-6-10)11(16)14-12-13-7-8-19-12/h3-8H,1-2H3,(H,13,14,16). The van der Waals surface area contributed by atoms with E-state index in [0.717, 1.165) is 4.31 Å². The van der Waals surface area contributed by atoms with E-state index in [2.05, 4.69) is 10.3 Å². The molecule has 2 rings (SSSR count). The molecule has 0 unspecified atom stereocenters. The van der Waals surface area contributed by atoms with Gasteiger partial charge in [0, 0.05) is 31.2 Å². The third-order valence-corrected chi connectivity index (χ3v) is 5.07. The Labute approximate surface area is 121 Å². The molecule has 0 atom stereocenters. The lowest BCUT2D eigenvalue weighted by molar-refractivity contribution is 0.102. The fourth-order valence-electron chi connectivity index (χ4n) is 1.44. The first-order valence-electron chi connectivity index (χ1n) is 5.64. The number of sulfonamides is 1. The third kappa shape index (κ3) is 3.03. The molecular weight excluding hydrogens is 298 g/mol. The number of carbonyl (C=O) groups is 1. The molecule has 0 aliphatic carbocycles. The molecule has 1 aromatic carbocycles. The minimum atomic E-state index is -3.48. The van der Waals surface area contributed by atoms with E-state index in [9.17, 15) is 13.2 Å². The van der Waals surface area contributed by atoms with Crippen molar-refractivity contribution in [2.24, 2.45) is 0 Å². The van der Waals surface area contributed by atoms with E-state index in [0.29, 0.717) is 10.7 Å². The van der Waals surface area contributed by atoms with E-state index in [1.165, 1.54) is 49.7 Å². The summed E-state index contributed by atoms with van der Waals surface area (Å²) < 4.78 is 24.9. The molecule has 0 bridgehead atoms. The van der Waals surface area contributed by atoms with Gasteiger partial charge in [0.05, 0.1) is 4.90 Å². The van der Waals surface area contributed by atoms with Crippen molar-refractivity contribution in [3.05, 3.63) is 41.4 Å². The molecule has 0 saturated carbocycles. The molecule has 6 nitrogen and oxygen atoms in total. The highest BCUT2D eigenvalue weighted by molar-refractivity contribution is 7.89. The average Bonchev–Trinajstić information content (AvgIpc) is 2.91. The van der Waals surface area contributed by atoms with Gasteiger partial charge in [0.15, 0.2) is 5.13 Å². The second-order valence-corrected chi connectivity index (χ2v) is 7.15. The molecule has 0 spiro atoms. The van der Waals surface area contributed by atoms with Gasteiger partial charge in [-0.15, -0.1) is 11.3 Å². The smallest absolute Gasteiger partial charge is 0.257 e. The highest BCUT2D eigenvalue weighted by atomic mass is 32.2. The number of nitrogens with one attached hydrogen (secondary N) is 1. The van der Waals surface area contributed by atoms with E-state index >= 15 is 0 Å². The number of benzene rings is 1. The van der Waals surface area contributed by atoms with Crippen molar-refractivity contribution in [2.75, 3.05) is 19.4 Å². The Morgan fingerprint density at radius 3 is 2.40 bits per heavy atom. The molecule has 20 heavy (non-hydrogen) atoms. The zero-order chi connectivity index (χ0) is 14.8. The van der Waals surface area contributed by atoms with E-state index in [4.69, 9.17) is 0 Å². The van der Waals surface area contributed by atoms with Gasteiger partial charge in [0.2, 0.25) is 10.0 Å².